The molecule has 0 saturated heterocycles. The van der Waals surface area contributed by atoms with E-state index in [9.17, 15) is 13.6 Å². The highest BCUT2D eigenvalue weighted by Gasteiger charge is 2.21. The Hall–Kier alpha value is -0.970. The first kappa shape index (κ1) is 14.4. The van der Waals surface area contributed by atoms with Gasteiger partial charge in [0.1, 0.15) is 17.2 Å². The third-order valence-electron chi connectivity index (χ3n) is 3.42. The van der Waals surface area contributed by atoms with Crippen LogP contribution in [0.25, 0.3) is 0 Å². The largest absolute Gasteiger partial charge is 0.349 e. The molecule has 1 aliphatic rings. The first-order chi connectivity index (χ1) is 9.08. The van der Waals surface area contributed by atoms with Gasteiger partial charge in [0.25, 0.3) is 5.91 Å². The van der Waals surface area contributed by atoms with Crippen molar-refractivity contribution in [3.05, 3.63) is 33.8 Å². The summed E-state index contributed by atoms with van der Waals surface area (Å²) >= 11 is 2.99. The van der Waals surface area contributed by atoms with Crippen LogP contribution in [0.4, 0.5) is 8.78 Å². The van der Waals surface area contributed by atoms with Crippen LogP contribution in [0.2, 0.25) is 0 Å². The number of amides is 1. The van der Waals surface area contributed by atoms with Gasteiger partial charge in [-0.2, -0.15) is 0 Å². The average Bonchev–Trinajstić information content (AvgIpc) is 2.56. The maximum absolute atomic E-state index is 13.7. The molecule has 19 heavy (non-hydrogen) atoms. The SMILES string of the molecule is O=C(NC1CCCCCC1)c1c(F)cc(Br)cc1F. The zero-order valence-electron chi connectivity index (χ0n) is 10.5. The lowest BCUT2D eigenvalue weighted by molar-refractivity contribution is 0.0925. The number of hydrogen-bond donors (Lipinski definition) is 1. The van der Waals surface area contributed by atoms with Gasteiger partial charge in [-0.3, -0.25) is 4.79 Å². The van der Waals surface area contributed by atoms with Gasteiger partial charge in [0.05, 0.1) is 0 Å². The van der Waals surface area contributed by atoms with Crippen LogP contribution in [-0.2, 0) is 0 Å². The maximum atomic E-state index is 13.7. The Morgan fingerprint density at radius 3 is 2.16 bits per heavy atom. The summed E-state index contributed by atoms with van der Waals surface area (Å²) in [6.45, 7) is 0. The normalized spacial score (nSPS) is 17.0. The van der Waals surface area contributed by atoms with Crippen molar-refractivity contribution in [2.24, 2.45) is 0 Å². The number of benzene rings is 1. The molecule has 0 aromatic heterocycles. The molecule has 1 fully saturated rings. The van der Waals surface area contributed by atoms with E-state index in [1.54, 1.807) is 0 Å². The number of rotatable bonds is 2. The van der Waals surface area contributed by atoms with Crippen molar-refractivity contribution in [3.8, 4) is 0 Å². The third kappa shape index (κ3) is 3.75. The molecule has 0 atom stereocenters. The van der Waals surface area contributed by atoms with Crippen LogP contribution >= 0.6 is 15.9 Å². The van der Waals surface area contributed by atoms with Crippen molar-refractivity contribution in [3.63, 3.8) is 0 Å². The Balaban J connectivity index is 2.11. The molecule has 0 heterocycles. The van der Waals surface area contributed by atoms with E-state index in [0.29, 0.717) is 0 Å². The second-order valence-corrected chi connectivity index (χ2v) is 5.82. The molecule has 1 saturated carbocycles. The standard InChI is InChI=1S/C14H16BrF2NO/c15-9-7-11(16)13(12(17)8-9)14(19)18-10-5-3-1-2-4-6-10/h7-8,10H,1-6H2,(H,18,19). The summed E-state index contributed by atoms with van der Waals surface area (Å²) in [7, 11) is 0. The molecule has 1 N–H and O–H groups in total. The fourth-order valence-electron chi connectivity index (χ4n) is 2.44. The fourth-order valence-corrected chi connectivity index (χ4v) is 2.84. The van der Waals surface area contributed by atoms with Crippen LogP contribution in [0, 0.1) is 11.6 Å². The molecule has 1 aromatic carbocycles. The van der Waals surface area contributed by atoms with Gasteiger partial charge in [-0.05, 0) is 25.0 Å². The van der Waals surface area contributed by atoms with E-state index in [2.05, 4.69) is 21.2 Å². The minimum absolute atomic E-state index is 0.0254. The summed E-state index contributed by atoms with van der Waals surface area (Å²) in [5, 5.41) is 2.74. The highest BCUT2D eigenvalue weighted by molar-refractivity contribution is 9.10. The Morgan fingerprint density at radius 1 is 1.11 bits per heavy atom. The summed E-state index contributed by atoms with van der Waals surface area (Å²) in [6, 6.07) is 2.23. The summed E-state index contributed by atoms with van der Waals surface area (Å²) in [4.78, 5) is 12.0. The number of nitrogens with one attached hydrogen (secondary N) is 1. The smallest absolute Gasteiger partial charge is 0.257 e. The van der Waals surface area contributed by atoms with Gasteiger partial charge in [-0.1, -0.05) is 41.6 Å². The molecule has 1 aromatic rings. The van der Waals surface area contributed by atoms with Crippen LogP contribution in [0.1, 0.15) is 48.9 Å². The Kier molecular flexibility index (Phi) is 4.91. The first-order valence-electron chi connectivity index (χ1n) is 6.53. The monoisotopic (exact) mass is 331 g/mol. The third-order valence-corrected chi connectivity index (χ3v) is 3.88. The van der Waals surface area contributed by atoms with Crippen LogP contribution in [0.5, 0.6) is 0 Å². The van der Waals surface area contributed by atoms with E-state index in [1.165, 1.54) is 0 Å². The van der Waals surface area contributed by atoms with Crippen molar-refractivity contribution in [1.29, 1.82) is 0 Å². The quantitative estimate of drug-likeness (QED) is 0.809. The highest BCUT2D eigenvalue weighted by atomic mass is 79.9. The van der Waals surface area contributed by atoms with Crippen molar-refractivity contribution >= 4 is 21.8 Å². The Bertz CT molecular complexity index is 448. The first-order valence-corrected chi connectivity index (χ1v) is 7.32. The van der Waals surface area contributed by atoms with E-state index in [-0.39, 0.29) is 10.5 Å². The molecular formula is C14H16BrF2NO. The van der Waals surface area contributed by atoms with E-state index in [0.717, 1.165) is 50.7 Å². The molecular weight excluding hydrogens is 316 g/mol. The summed E-state index contributed by atoms with van der Waals surface area (Å²) in [6.07, 6.45) is 6.18. The molecule has 1 aliphatic carbocycles. The van der Waals surface area contributed by atoms with Gasteiger partial charge in [-0.25, -0.2) is 8.78 Å². The molecule has 0 bridgehead atoms. The maximum Gasteiger partial charge on any atom is 0.257 e. The number of carbonyl (C=O) groups is 1. The average molecular weight is 332 g/mol. The molecule has 0 spiro atoms. The molecule has 5 heteroatoms. The van der Waals surface area contributed by atoms with Crippen molar-refractivity contribution < 1.29 is 13.6 Å². The Labute approximate surface area is 119 Å². The van der Waals surface area contributed by atoms with Gasteiger partial charge in [-0.15, -0.1) is 0 Å². The number of hydrogen-bond acceptors (Lipinski definition) is 1. The lowest BCUT2D eigenvalue weighted by atomic mass is 10.1. The number of halogens is 3. The summed E-state index contributed by atoms with van der Waals surface area (Å²) in [5.41, 5.74) is -0.493. The Morgan fingerprint density at radius 2 is 1.63 bits per heavy atom. The van der Waals surface area contributed by atoms with Crippen LogP contribution in [0.3, 0.4) is 0 Å². The van der Waals surface area contributed by atoms with E-state index in [1.807, 2.05) is 0 Å². The predicted octanol–water partition coefficient (Wildman–Crippen LogP) is 4.18. The topological polar surface area (TPSA) is 29.1 Å². The molecule has 2 nitrogen and oxygen atoms in total. The lowest BCUT2D eigenvalue weighted by Gasteiger charge is -2.16. The second-order valence-electron chi connectivity index (χ2n) is 4.91. The van der Waals surface area contributed by atoms with Crippen molar-refractivity contribution in [2.45, 2.75) is 44.6 Å². The van der Waals surface area contributed by atoms with Gasteiger partial charge in [0, 0.05) is 10.5 Å². The van der Waals surface area contributed by atoms with Gasteiger partial charge in [0.2, 0.25) is 0 Å². The molecule has 0 radical (unpaired) electrons. The molecule has 104 valence electrons. The number of carbonyl (C=O) groups excluding carboxylic acids is 1. The van der Waals surface area contributed by atoms with E-state index >= 15 is 0 Å². The van der Waals surface area contributed by atoms with E-state index < -0.39 is 23.1 Å². The highest BCUT2D eigenvalue weighted by Crippen LogP contribution is 2.21. The predicted molar refractivity (Wildman–Crippen MR) is 73.0 cm³/mol. The van der Waals surface area contributed by atoms with Crippen LogP contribution in [0.15, 0.2) is 16.6 Å². The van der Waals surface area contributed by atoms with Crippen molar-refractivity contribution in [1.82, 2.24) is 5.32 Å². The van der Waals surface area contributed by atoms with Gasteiger partial charge < -0.3 is 5.32 Å². The molecule has 0 unspecified atom stereocenters. The zero-order chi connectivity index (χ0) is 13.8. The van der Waals surface area contributed by atoms with E-state index in [4.69, 9.17) is 0 Å². The van der Waals surface area contributed by atoms with Gasteiger partial charge in [0.15, 0.2) is 0 Å². The summed E-state index contributed by atoms with van der Waals surface area (Å²) < 4.78 is 27.6. The van der Waals surface area contributed by atoms with Gasteiger partial charge >= 0.3 is 0 Å². The summed E-state index contributed by atoms with van der Waals surface area (Å²) in [5.74, 6) is -2.33. The minimum Gasteiger partial charge on any atom is -0.349 e. The lowest BCUT2D eigenvalue weighted by Crippen LogP contribution is -2.35. The fraction of sp³-hybridized carbons (Fsp3) is 0.500. The van der Waals surface area contributed by atoms with Crippen LogP contribution < -0.4 is 5.32 Å². The molecule has 1 amide bonds. The minimum atomic E-state index is -0.835. The van der Waals surface area contributed by atoms with Crippen molar-refractivity contribution in [2.75, 3.05) is 0 Å². The van der Waals surface area contributed by atoms with Crippen LogP contribution in [-0.4, -0.2) is 11.9 Å². The molecule has 0 aliphatic heterocycles. The second kappa shape index (κ2) is 6.46. The molecule has 2 rings (SSSR count). The zero-order valence-corrected chi connectivity index (χ0v) is 12.1.